The minimum atomic E-state index is -1.42. The van der Waals surface area contributed by atoms with Crippen molar-refractivity contribution in [1.29, 1.82) is 0 Å². The SMILES string of the molecule is C=C(C[C@H](NC(=O)c1ccc(NC[C@H]2CNc3nc(N)[nH]c(=O)c3N2)cc1)C(=O)O)C(=O)O. The first-order valence-corrected chi connectivity index (χ1v) is 9.83. The van der Waals surface area contributed by atoms with Crippen molar-refractivity contribution in [1.82, 2.24) is 15.3 Å². The molecule has 1 aliphatic rings. The predicted octanol–water partition coefficient (Wildman–Crippen LogP) is -0.116. The van der Waals surface area contributed by atoms with Crippen molar-refractivity contribution in [2.24, 2.45) is 0 Å². The van der Waals surface area contributed by atoms with E-state index in [1.807, 2.05) is 0 Å². The molecule has 13 nitrogen and oxygen atoms in total. The molecule has 0 spiro atoms. The van der Waals surface area contributed by atoms with Crippen molar-refractivity contribution >= 4 is 41.0 Å². The lowest BCUT2D eigenvalue weighted by atomic mass is 10.1. The molecule has 0 bridgehead atoms. The quantitative estimate of drug-likeness (QED) is 0.233. The Labute approximate surface area is 187 Å². The summed E-state index contributed by atoms with van der Waals surface area (Å²) < 4.78 is 0. The number of carbonyl (C=O) groups excluding carboxylic acids is 1. The third-order valence-electron chi connectivity index (χ3n) is 4.86. The number of amides is 1. The number of anilines is 4. The molecular formula is C20H23N7O6. The van der Waals surface area contributed by atoms with Gasteiger partial charge in [0.25, 0.3) is 11.5 Å². The number of hydrogen-bond donors (Lipinski definition) is 8. The Balaban J connectivity index is 1.56. The summed E-state index contributed by atoms with van der Waals surface area (Å²) in [5, 5.41) is 29.7. The van der Waals surface area contributed by atoms with Crippen LogP contribution in [0.5, 0.6) is 0 Å². The Hall–Kier alpha value is -4.55. The van der Waals surface area contributed by atoms with E-state index in [0.29, 0.717) is 30.3 Å². The summed E-state index contributed by atoms with van der Waals surface area (Å²) in [7, 11) is 0. The number of aromatic amines is 1. The van der Waals surface area contributed by atoms with Gasteiger partial charge < -0.3 is 37.2 Å². The first-order chi connectivity index (χ1) is 15.6. The number of carbonyl (C=O) groups is 3. The Morgan fingerprint density at radius 3 is 2.58 bits per heavy atom. The van der Waals surface area contributed by atoms with Gasteiger partial charge >= 0.3 is 11.9 Å². The number of nitrogens with two attached hydrogens (primary N) is 1. The monoisotopic (exact) mass is 457 g/mol. The van der Waals surface area contributed by atoms with E-state index in [-0.39, 0.29) is 28.7 Å². The highest BCUT2D eigenvalue weighted by Crippen LogP contribution is 2.20. The maximum absolute atomic E-state index is 12.4. The number of hydrogen-bond acceptors (Lipinski definition) is 9. The number of H-pyrrole nitrogens is 1. The zero-order valence-corrected chi connectivity index (χ0v) is 17.3. The highest BCUT2D eigenvalue weighted by molar-refractivity contribution is 5.97. The lowest BCUT2D eigenvalue weighted by Crippen LogP contribution is -2.41. The number of carboxylic acid groups (broad SMARTS) is 2. The predicted molar refractivity (Wildman–Crippen MR) is 120 cm³/mol. The highest BCUT2D eigenvalue weighted by Gasteiger charge is 2.24. The number of rotatable bonds is 9. The van der Waals surface area contributed by atoms with Crippen LogP contribution in [-0.4, -0.2) is 63.2 Å². The smallest absolute Gasteiger partial charge is 0.331 e. The van der Waals surface area contributed by atoms with E-state index in [4.69, 9.17) is 10.8 Å². The van der Waals surface area contributed by atoms with Gasteiger partial charge in [-0.2, -0.15) is 4.98 Å². The van der Waals surface area contributed by atoms with E-state index in [0.717, 1.165) is 0 Å². The molecule has 9 N–H and O–H groups in total. The molecule has 33 heavy (non-hydrogen) atoms. The Morgan fingerprint density at radius 1 is 1.24 bits per heavy atom. The molecule has 0 fully saturated rings. The van der Waals surface area contributed by atoms with E-state index in [9.17, 15) is 24.3 Å². The number of carboxylic acids is 2. The first-order valence-electron chi connectivity index (χ1n) is 9.83. The van der Waals surface area contributed by atoms with Crippen LogP contribution in [0.2, 0.25) is 0 Å². The molecule has 2 aromatic rings. The van der Waals surface area contributed by atoms with E-state index >= 15 is 0 Å². The van der Waals surface area contributed by atoms with Crippen LogP contribution in [0, 0.1) is 0 Å². The molecule has 1 aromatic carbocycles. The highest BCUT2D eigenvalue weighted by atomic mass is 16.4. The lowest BCUT2D eigenvalue weighted by molar-refractivity contribution is -0.139. The van der Waals surface area contributed by atoms with Gasteiger partial charge in [0.1, 0.15) is 11.7 Å². The molecule has 0 unspecified atom stereocenters. The van der Waals surface area contributed by atoms with Gasteiger partial charge in [-0.3, -0.25) is 14.6 Å². The molecule has 1 aliphatic heterocycles. The number of aliphatic carboxylic acids is 2. The average molecular weight is 457 g/mol. The van der Waals surface area contributed by atoms with Crippen LogP contribution in [-0.2, 0) is 9.59 Å². The summed E-state index contributed by atoms with van der Waals surface area (Å²) in [6.07, 6.45) is -0.424. The Bertz CT molecular complexity index is 1140. The number of benzene rings is 1. The molecule has 0 aliphatic carbocycles. The van der Waals surface area contributed by atoms with Gasteiger partial charge in [0.2, 0.25) is 5.95 Å². The number of fused-ring (bicyclic) bond motifs is 1. The van der Waals surface area contributed by atoms with Crippen molar-refractivity contribution in [3.63, 3.8) is 0 Å². The van der Waals surface area contributed by atoms with Gasteiger partial charge in [-0.25, -0.2) is 9.59 Å². The Morgan fingerprint density at radius 2 is 1.94 bits per heavy atom. The second-order valence-corrected chi connectivity index (χ2v) is 7.33. The molecule has 174 valence electrons. The second kappa shape index (κ2) is 9.72. The topological polar surface area (TPSA) is 212 Å². The zero-order valence-electron chi connectivity index (χ0n) is 17.3. The minimum absolute atomic E-state index is 0.0234. The molecule has 1 aromatic heterocycles. The van der Waals surface area contributed by atoms with Crippen LogP contribution in [0.1, 0.15) is 16.8 Å². The molecule has 13 heteroatoms. The van der Waals surface area contributed by atoms with Crippen molar-refractivity contribution in [2.75, 3.05) is 34.8 Å². The van der Waals surface area contributed by atoms with E-state index in [2.05, 4.69) is 37.8 Å². The fourth-order valence-electron chi connectivity index (χ4n) is 3.11. The molecule has 0 saturated heterocycles. The molecule has 3 rings (SSSR count). The summed E-state index contributed by atoms with van der Waals surface area (Å²) in [5.74, 6) is -2.95. The molecular weight excluding hydrogens is 434 g/mol. The van der Waals surface area contributed by atoms with Gasteiger partial charge in [0.15, 0.2) is 5.82 Å². The summed E-state index contributed by atoms with van der Waals surface area (Å²) in [5.41, 5.74) is 6.02. The summed E-state index contributed by atoms with van der Waals surface area (Å²) >= 11 is 0. The molecule has 0 saturated carbocycles. The number of aromatic nitrogens is 2. The van der Waals surface area contributed by atoms with Crippen molar-refractivity contribution < 1.29 is 24.6 Å². The van der Waals surface area contributed by atoms with Crippen LogP contribution in [0.25, 0.3) is 0 Å². The fraction of sp³-hybridized carbons (Fsp3) is 0.250. The third-order valence-corrected chi connectivity index (χ3v) is 4.86. The summed E-state index contributed by atoms with van der Waals surface area (Å²) in [4.78, 5) is 53.0. The average Bonchev–Trinajstić information content (AvgIpc) is 2.77. The standard InChI is InChI=1S/C20H23N7O6/c1-9(18(30)31)6-13(19(32)33)25-16(28)10-2-4-11(5-3-10)22-7-12-8-23-15-14(24-12)17(29)27-20(21)26-15/h2-5,12-13,22,24H,1,6-8H2,(H,25,28)(H,30,31)(H,32,33)(H4,21,23,26,27,29)/t12-,13-/m0/s1. The van der Waals surface area contributed by atoms with Crippen LogP contribution < -0.4 is 32.6 Å². The third kappa shape index (κ3) is 5.78. The van der Waals surface area contributed by atoms with Crippen molar-refractivity contribution in [2.45, 2.75) is 18.5 Å². The lowest BCUT2D eigenvalue weighted by Gasteiger charge is -2.27. The fourth-order valence-corrected chi connectivity index (χ4v) is 3.11. The first kappa shape index (κ1) is 23.1. The van der Waals surface area contributed by atoms with Gasteiger partial charge in [0.05, 0.1) is 6.04 Å². The second-order valence-electron chi connectivity index (χ2n) is 7.33. The van der Waals surface area contributed by atoms with Crippen LogP contribution in [0.4, 0.5) is 23.1 Å². The molecule has 1 amide bonds. The van der Waals surface area contributed by atoms with E-state index in [1.54, 1.807) is 12.1 Å². The largest absolute Gasteiger partial charge is 0.480 e. The number of nitrogens with zero attached hydrogens (tertiary/aromatic N) is 1. The normalized spacial score (nSPS) is 15.2. The number of nitrogens with one attached hydrogen (secondary N) is 5. The summed E-state index contributed by atoms with van der Waals surface area (Å²) in [6, 6.07) is 4.73. The number of nitrogen functional groups attached to an aromatic ring is 1. The van der Waals surface area contributed by atoms with Crippen LogP contribution in [0.15, 0.2) is 41.2 Å². The molecule has 2 atom stereocenters. The van der Waals surface area contributed by atoms with Gasteiger partial charge in [-0.05, 0) is 24.3 Å². The van der Waals surface area contributed by atoms with Gasteiger partial charge in [0, 0.05) is 36.3 Å². The maximum atomic E-state index is 12.4. The summed E-state index contributed by atoms with van der Waals surface area (Å²) in [6.45, 7) is 4.23. The van der Waals surface area contributed by atoms with E-state index < -0.39 is 30.3 Å². The Kier molecular flexibility index (Phi) is 6.81. The van der Waals surface area contributed by atoms with E-state index in [1.165, 1.54) is 12.1 Å². The van der Waals surface area contributed by atoms with Crippen LogP contribution in [0.3, 0.4) is 0 Å². The molecule has 2 heterocycles. The van der Waals surface area contributed by atoms with Crippen molar-refractivity contribution in [3.05, 3.63) is 52.3 Å². The zero-order chi connectivity index (χ0) is 24.1. The van der Waals surface area contributed by atoms with Crippen LogP contribution >= 0.6 is 0 Å². The van der Waals surface area contributed by atoms with Crippen molar-refractivity contribution in [3.8, 4) is 0 Å². The molecule has 0 radical (unpaired) electrons. The van der Waals surface area contributed by atoms with Gasteiger partial charge in [-0.15, -0.1) is 0 Å². The maximum Gasteiger partial charge on any atom is 0.331 e. The van der Waals surface area contributed by atoms with Gasteiger partial charge in [-0.1, -0.05) is 6.58 Å². The minimum Gasteiger partial charge on any atom is -0.480 e.